The van der Waals surface area contributed by atoms with E-state index in [1.165, 1.54) is 25.3 Å². The molecule has 1 unspecified atom stereocenters. The molecule has 28 heavy (non-hydrogen) atoms. The average Bonchev–Trinajstić information content (AvgIpc) is 2.65. The average molecular weight is 396 g/mol. The summed E-state index contributed by atoms with van der Waals surface area (Å²) in [5.74, 6) is 0.237. The molecule has 2 rings (SSSR count). The minimum atomic E-state index is -4.76. The van der Waals surface area contributed by atoms with Crippen LogP contribution in [0.5, 0.6) is 11.5 Å². The van der Waals surface area contributed by atoms with Crippen molar-refractivity contribution in [2.75, 3.05) is 7.11 Å². The lowest BCUT2D eigenvalue weighted by molar-refractivity contribution is -0.274. The molecule has 0 radical (unpaired) electrons. The first kappa shape index (κ1) is 22.0. The number of aromatic nitrogens is 2. The second-order valence-electron chi connectivity index (χ2n) is 6.66. The number of hydrogen-bond donors (Lipinski definition) is 0. The van der Waals surface area contributed by atoms with Crippen molar-refractivity contribution in [3.8, 4) is 22.8 Å². The van der Waals surface area contributed by atoms with Gasteiger partial charge in [0.1, 0.15) is 11.5 Å². The lowest BCUT2D eigenvalue weighted by atomic mass is 9.97. The molecular weight excluding hydrogens is 369 g/mol. The van der Waals surface area contributed by atoms with Gasteiger partial charge in [0.2, 0.25) is 0 Å². The first-order valence-corrected chi connectivity index (χ1v) is 9.57. The fourth-order valence-corrected chi connectivity index (χ4v) is 3.27. The maximum absolute atomic E-state index is 12.5. The highest BCUT2D eigenvalue weighted by molar-refractivity contribution is 5.70. The number of ether oxygens (including phenoxy) is 2. The molecular formula is C21H27F3N2O2. The molecule has 0 bridgehead atoms. The van der Waals surface area contributed by atoms with E-state index >= 15 is 0 Å². The van der Waals surface area contributed by atoms with Crippen molar-refractivity contribution in [1.82, 2.24) is 9.97 Å². The smallest absolute Gasteiger partial charge is 0.496 e. The number of aryl methyl sites for hydroxylation is 2. The Morgan fingerprint density at radius 3 is 2.25 bits per heavy atom. The summed E-state index contributed by atoms with van der Waals surface area (Å²) in [4.78, 5) is 9.73. The Bertz CT molecular complexity index is 807. The molecule has 0 spiro atoms. The summed E-state index contributed by atoms with van der Waals surface area (Å²) in [6, 6.07) is 4.03. The molecule has 0 saturated heterocycles. The Morgan fingerprint density at radius 1 is 1.04 bits per heavy atom. The Hall–Kier alpha value is -2.31. The minimum Gasteiger partial charge on any atom is -0.496 e. The van der Waals surface area contributed by atoms with Gasteiger partial charge in [-0.3, -0.25) is 4.98 Å². The molecule has 0 aliphatic rings. The van der Waals surface area contributed by atoms with Gasteiger partial charge in [-0.05, 0) is 31.4 Å². The van der Waals surface area contributed by atoms with Crippen molar-refractivity contribution in [2.45, 2.75) is 65.7 Å². The van der Waals surface area contributed by atoms with Crippen LogP contribution >= 0.6 is 0 Å². The van der Waals surface area contributed by atoms with Crippen LogP contribution in [0.25, 0.3) is 11.3 Å². The maximum Gasteiger partial charge on any atom is 0.573 e. The fraction of sp³-hybridized carbons (Fsp3) is 0.524. The van der Waals surface area contributed by atoms with E-state index in [2.05, 4.69) is 18.6 Å². The van der Waals surface area contributed by atoms with Gasteiger partial charge < -0.3 is 9.47 Å². The van der Waals surface area contributed by atoms with E-state index in [9.17, 15) is 13.2 Å². The van der Waals surface area contributed by atoms with Gasteiger partial charge in [-0.1, -0.05) is 34.1 Å². The maximum atomic E-state index is 12.5. The molecule has 0 aliphatic carbocycles. The monoisotopic (exact) mass is 396 g/mol. The third-order valence-corrected chi connectivity index (χ3v) is 4.59. The van der Waals surface area contributed by atoms with Crippen molar-refractivity contribution < 1.29 is 22.6 Å². The van der Waals surface area contributed by atoms with E-state index in [0.29, 0.717) is 23.6 Å². The quantitative estimate of drug-likeness (QED) is 0.542. The summed E-state index contributed by atoms with van der Waals surface area (Å²) in [5, 5.41) is 0. The molecule has 7 heteroatoms. The van der Waals surface area contributed by atoms with Gasteiger partial charge in [0.15, 0.2) is 0 Å². The Morgan fingerprint density at radius 2 is 1.71 bits per heavy atom. The Balaban J connectivity index is 2.57. The van der Waals surface area contributed by atoms with E-state index in [4.69, 9.17) is 14.7 Å². The molecule has 154 valence electrons. The molecule has 0 fully saturated rings. The number of alkyl halides is 3. The van der Waals surface area contributed by atoms with E-state index in [1.807, 2.05) is 13.8 Å². The third-order valence-electron chi connectivity index (χ3n) is 4.59. The molecule has 1 heterocycles. The zero-order valence-electron chi connectivity index (χ0n) is 17.0. The molecule has 4 nitrogen and oxygen atoms in total. The van der Waals surface area contributed by atoms with Crippen LogP contribution in [-0.4, -0.2) is 23.4 Å². The third kappa shape index (κ3) is 5.14. The van der Waals surface area contributed by atoms with E-state index in [1.54, 1.807) is 0 Å². The predicted molar refractivity (Wildman–Crippen MR) is 103 cm³/mol. The molecule has 2 aromatic rings. The number of benzene rings is 1. The largest absolute Gasteiger partial charge is 0.573 e. The fourth-order valence-electron chi connectivity index (χ4n) is 3.27. The minimum absolute atomic E-state index is 0.266. The lowest BCUT2D eigenvalue weighted by Crippen LogP contribution is -2.17. The standard InChI is InChI=1S/C21H27F3N2O2/c1-6-9-13(4)19-16(7-2)26-20(17(8-3)25-19)15-11-10-14(12-18(15)27-5)28-21(22,23)24/h10-13H,6-9H2,1-5H3. The van der Waals surface area contributed by atoms with Crippen LogP contribution in [0, 0.1) is 0 Å². The summed E-state index contributed by atoms with van der Waals surface area (Å²) in [7, 11) is 1.41. The highest BCUT2D eigenvalue weighted by Crippen LogP contribution is 2.36. The van der Waals surface area contributed by atoms with Gasteiger partial charge in [0, 0.05) is 17.5 Å². The van der Waals surface area contributed by atoms with Crippen LogP contribution < -0.4 is 9.47 Å². The molecule has 0 N–H and O–H groups in total. The van der Waals surface area contributed by atoms with Gasteiger partial charge >= 0.3 is 6.36 Å². The van der Waals surface area contributed by atoms with Gasteiger partial charge in [-0.2, -0.15) is 0 Å². The van der Waals surface area contributed by atoms with Gasteiger partial charge in [-0.25, -0.2) is 4.98 Å². The second-order valence-corrected chi connectivity index (χ2v) is 6.66. The zero-order valence-corrected chi connectivity index (χ0v) is 17.0. The summed E-state index contributed by atoms with van der Waals surface area (Å²) < 4.78 is 46.9. The Labute approximate surface area is 164 Å². The van der Waals surface area contributed by atoms with Crippen LogP contribution in [0.15, 0.2) is 18.2 Å². The van der Waals surface area contributed by atoms with Crippen molar-refractivity contribution in [3.05, 3.63) is 35.3 Å². The Kier molecular flexibility index (Phi) is 7.27. The number of nitrogens with zero attached hydrogens (tertiary/aromatic N) is 2. The molecule has 1 aromatic heterocycles. The molecule has 0 saturated carbocycles. The number of methoxy groups -OCH3 is 1. The van der Waals surface area contributed by atoms with Crippen molar-refractivity contribution in [2.24, 2.45) is 0 Å². The predicted octanol–water partition coefficient (Wildman–Crippen LogP) is 6.08. The first-order chi connectivity index (χ1) is 13.2. The topological polar surface area (TPSA) is 44.2 Å². The molecule has 0 aliphatic heterocycles. The van der Waals surface area contributed by atoms with E-state index in [-0.39, 0.29) is 11.5 Å². The van der Waals surface area contributed by atoms with Crippen LogP contribution in [0.1, 0.15) is 63.5 Å². The van der Waals surface area contributed by atoms with Crippen LogP contribution in [0.4, 0.5) is 13.2 Å². The van der Waals surface area contributed by atoms with Gasteiger partial charge in [0.05, 0.1) is 29.9 Å². The van der Waals surface area contributed by atoms with Crippen molar-refractivity contribution in [1.29, 1.82) is 0 Å². The molecule has 1 aromatic carbocycles. The number of hydrogen-bond acceptors (Lipinski definition) is 4. The summed E-state index contributed by atoms with van der Waals surface area (Å²) in [5.41, 5.74) is 3.96. The summed E-state index contributed by atoms with van der Waals surface area (Å²) >= 11 is 0. The number of halogens is 3. The summed E-state index contributed by atoms with van der Waals surface area (Å²) in [6.07, 6.45) is -1.29. The van der Waals surface area contributed by atoms with E-state index in [0.717, 1.165) is 36.3 Å². The van der Waals surface area contributed by atoms with Gasteiger partial charge in [-0.15, -0.1) is 13.2 Å². The number of rotatable bonds is 8. The van der Waals surface area contributed by atoms with E-state index < -0.39 is 6.36 Å². The van der Waals surface area contributed by atoms with Crippen LogP contribution in [0.3, 0.4) is 0 Å². The van der Waals surface area contributed by atoms with Crippen LogP contribution in [-0.2, 0) is 12.8 Å². The highest BCUT2D eigenvalue weighted by Gasteiger charge is 2.31. The second kappa shape index (κ2) is 9.26. The summed E-state index contributed by atoms with van der Waals surface area (Å²) in [6.45, 7) is 8.30. The normalized spacial score (nSPS) is 12.7. The van der Waals surface area contributed by atoms with Gasteiger partial charge in [0.25, 0.3) is 0 Å². The highest BCUT2D eigenvalue weighted by atomic mass is 19.4. The SMILES string of the molecule is CCCC(C)c1nc(CC)c(-c2ccc(OC(F)(F)F)cc2OC)nc1CC. The van der Waals surface area contributed by atoms with Crippen molar-refractivity contribution >= 4 is 0 Å². The lowest BCUT2D eigenvalue weighted by Gasteiger charge is -2.19. The zero-order chi connectivity index (χ0) is 20.9. The molecule has 0 amide bonds. The first-order valence-electron chi connectivity index (χ1n) is 9.57. The van der Waals surface area contributed by atoms with Crippen LogP contribution in [0.2, 0.25) is 0 Å². The van der Waals surface area contributed by atoms with Crippen molar-refractivity contribution in [3.63, 3.8) is 0 Å². The molecule has 1 atom stereocenters.